The molecule has 0 aromatic heterocycles. The molecule has 1 aromatic carbocycles. The number of nitrogens with one attached hydrogen (secondary N) is 1. The molecule has 32 heavy (non-hydrogen) atoms. The summed E-state index contributed by atoms with van der Waals surface area (Å²) in [5.74, 6) is -1.12. The molecule has 7 heteroatoms. The Labute approximate surface area is 190 Å². The lowest BCUT2D eigenvalue weighted by molar-refractivity contribution is -0.151. The average Bonchev–Trinajstić information content (AvgIpc) is 2.83. The molecular weight excluding hydrogens is 408 g/mol. The number of rotatable bonds is 9. The van der Waals surface area contributed by atoms with Gasteiger partial charge in [0.1, 0.15) is 0 Å². The van der Waals surface area contributed by atoms with Crippen LogP contribution in [0.5, 0.6) is 0 Å². The zero-order valence-corrected chi connectivity index (χ0v) is 18.9. The van der Waals surface area contributed by atoms with Gasteiger partial charge in [-0.1, -0.05) is 23.8 Å². The highest BCUT2D eigenvalue weighted by Crippen LogP contribution is 2.22. The monoisotopic (exact) mass is 442 g/mol. The van der Waals surface area contributed by atoms with Gasteiger partial charge in [0.15, 0.2) is 6.61 Å². The smallest absolute Gasteiger partial charge is 0.340 e. The Morgan fingerprint density at radius 3 is 2.59 bits per heavy atom. The lowest BCUT2D eigenvalue weighted by Crippen LogP contribution is -2.42. The van der Waals surface area contributed by atoms with E-state index in [1.54, 1.807) is 24.0 Å². The van der Waals surface area contributed by atoms with Crippen LogP contribution in [0.2, 0.25) is 0 Å². The number of ether oxygens (including phenoxy) is 2. The number of hydrogen-bond acceptors (Lipinski definition) is 6. The molecular formula is C25H34N2O5. The van der Waals surface area contributed by atoms with E-state index in [2.05, 4.69) is 11.4 Å². The molecule has 0 atom stereocenters. The Balaban J connectivity index is 1.45. The molecule has 1 amide bonds. The van der Waals surface area contributed by atoms with Crippen LogP contribution in [-0.4, -0.2) is 55.6 Å². The highest BCUT2D eigenvalue weighted by molar-refractivity contribution is 5.96. The molecule has 1 saturated heterocycles. The maximum Gasteiger partial charge on any atom is 0.340 e. The second-order valence-corrected chi connectivity index (χ2v) is 8.31. The number of nitrogens with zero attached hydrogens (tertiary/aromatic N) is 1. The van der Waals surface area contributed by atoms with Crippen molar-refractivity contribution in [1.82, 2.24) is 4.90 Å². The van der Waals surface area contributed by atoms with Gasteiger partial charge in [-0.2, -0.15) is 0 Å². The summed E-state index contributed by atoms with van der Waals surface area (Å²) in [7, 11) is 0. The molecule has 7 nitrogen and oxygen atoms in total. The average molecular weight is 443 g/mol. The third kappa shape index (κ3) is 6.84. The van der Waals surface area contributed by atoms with Gasteiger partial charge in [0.05, 0.1) is 18.1 Å². The molecule has 1 N–H and O–H groups in total. The second kappa shape index (κ2) is 12.3. The number of amides is 1. The second-order valence-electron chi connectivity index (χ2n) is 8.31. The highest BCUT2D eigenvalue weighted by atomic mass is 16.5. The summed E-state index contributed by atoms with van der Waals surface area (Å²) in [5, 5.41) is 3.34. The molecule has 1 fully saturated rings. The number of hydrogen-bond donors (Lipinski definition) is 1. The van der Waals surface area contributed by atoms with E-state index in [0.717, 1.165) is 31.5 Å². The zero-order chi connectivity index (χ0) is 22.8. The largest absolute Gasteiger partial charge is 0.466 e. The number of para-hydroxylation sites is 1. The minimum atomic E-state index is -0.514. The van der Waals surface area contributed by atoms with Gasteiger partial charge in [-0.05, 0) is 64.0 Å². The maximum absolute atomic E-state index is 12.6. The van der Waals surface area contributed by atoms with Crippen LogP contribution in [0.1, 0.15) is 62.2 Å². The summed E-state index contributed by atoms with van der Waals surface area (Å²) in [6.45, 7) is 3.53. The quantitative estimate of drug-likeness (QED) is 0.460. The van der Waals surface area contributed by atoms with E-state index >= 15 is 0 Å². The van der Waals surface area contributed by atoms with E-state index in [0.29, 0.717) is 38.1 Å². The Morgan fingerprint density at radius 1 is 1.09 bits per heavy atom. The number of anilines is 1. The number of piperidine rings is 1. The van der Waals surface area contributed by atoms with Gasteiger partial charge in [0.25, 0.3) is 5.91 Å². The highest BCUT2D eigenvalue weighted by Gasteiger charge is 2.28. The first-order valence-corrected chi connectivity index (χ1v) is 11.7. The van der Waals surface area contributed by atoms with Crippen LogP contribution in [-0.2, 0) is 19.1 Å². The molecule has 1 heterocycles. The van der Waals surface area contributed by atoms with Crippen molar-refractivity contribution in [2.45, 2.75) is 51.9 Å². The number of allylic oxidation sites excluding steroid dienone is 1. The predicted octanol–water partition coefficient (Wildman–Crippen LogP) is 3.95. The van der Waals surface area contributed by atoms with E-state index in [4.69, 9.17) is 9.47 Å². The first-order chi connectivity index (χ1) is 15.6. The summed E-state index contributed by atoms with van der Waals surface area (Å²) in [5.41, 5.74) is 2.62. The maximum atomic E-state index is 12.6. The lowest BCUT2D eigenvalue weighted by Gasteiger charge is -2.30. The standard InChI is InChI=1S/C25H34N2O5/c1-2-31-24(29)20-13-16-27(17-14-20)23(28)18-32-25(30)21-10-6-7-11-22(21)26-15-12-19-8-4-3-5-9-19/h6-8,10-11,20,26H,2-5,9,12-18H2,1H3. The normalized spacial score (nSPS) is 16.8. The van der Waals surface area contributed by atoms with E-state index in [9.17, 15) is 14.4 Å². The van der Waals surface area contributed by atoms with Crippen LogP contribution in [0, 0.1) is 5.92 Å². The molecule has 2 aliphatic rings. The Hall–Kier alpha value is -2.83. The molecule has 1 aromatic rings. The van der Waals surface area contributed by atoms with Gasteiger partial charge in [-0.25, -0.2) is 4.79 Å². The van der Waals surface area contributed by atoms with Crippen LogP contribution in [0.15, 0.2) is 35.9 Å². The third-order valence-electron chi connectivity index (χ3n) is 6.09. The summed E-state index contributed by atoms with van der Waals surface area (Å²) in [4.78, 5) is 38.6. The van der Waals surface area contributed by atoms with Crippen molar-refractivity contribution in [3.63, 3.8) is 0 Å². The van der Waals surface area contributed by atoms with Gasteiger partial charge in [0.2, 0.25) is 0 Å². The van der Waals surface area contributed by atoms with Crippen molar-refractivity contribution in [2.24, 2.45) is 5.92 Å². The van der Waals surface area contributed by atoms with Crippen LogP contribution < -0.4 is 5.32 Å². The van der Waals surface area contributed by atoms with Gasteiger partial charge >= 0.3 is 11.9 Å². The van der Waals surface area contributed by atoms with Crippen molar-refractivity contribution in [3.8, 4) is 0 Å². The van der Waals surface area contributed by atoms with Crippen LogP contribution in [0.25, 0.3) is 0 Å². The lowest BCUT2D eigenvalue weighted by atomic mass is 9.97. The fourth-order valence-electron chi connectivity index (χ4n) is 4.23. The summed E-state index contributed by atoms with van der Waals surface area (Å²) in [6.07, 6.45) is 9.27. The van der Waals surface area contributed by atoms with Gasteiger partial charge in [0, 0.05) is 25.3 Å². The first kappa shape index (κ1) is 23.8. The topological polar surface area (TPSA) is 84.9 Å². The van der Waals surface area contributed by atoms with E-state index in [1.165, 1.54) is 18.4 Å². The molecule has 0 bridgehead atoms. The first-order valence-electron chi connectivity index (χ1n) is 11.7. The molecule has 0 unspecified atom stereocenters. The van der Waals surface area contributed by atoms with Gasteiger partial charge < -0.3 is 19.7 Å². The van der Waals surface area contributed by atoms with Crippen molar-refractivity contribution < 1.29 is 23.9 Å². The number of benzene rings is 1. The summed E-state index contributed by atoms with van der Waals surface area (Å²) >= 11 is 0. The summed E-state index contributed by atoms with van der Waals surface area (Å²) in [6, 6.07) is 7.22. The van der Waals surface area contributed by atoms with Crippen molar-refractivity contribution in [3.05, 3.63) is 41.5 Å². The fourth-order valence-corrected chi connectivity index (χ4v) is 4.23. The Morgan fingerprint density at radius 2 is 1.88 bits per heavy atom. The molecule has 1 aliphatic heterocycles. The predicted molar refractivity (Wildman–Crippen MR) is 122 cm³/mol. The molecule has 0 radical (unpaired) electrons. The number of likely N-dealkylation sites (tertiary alicyclic amines) is 1. The number of esters is 2. The fraction of sp³-hybridized carbons (Fsp3) is 0.560. The van der Waals surface area contributed by atoms with Gasteiger partial charge in [-0.15, -0.1) is 0 Å². The molecule has 0 spiro atoms. The molecule has 1 aliphatic carbocycles. The molecule has 174 valence electrons. The van der Waals surface area contributed by atoms with Crippen LogP contribution >= 0.6 is 0 Å². The van der Waals surface area contributed by atoms with Crippen molar-refractivity contribution >= 4 is 23.5 Å². The molecule has 0 saturated carbocycles. The summed E-state index contributed by atoms with van der Waals surface area (Å²) < 4.78 is 10.4. The van der Waals surface area contributed by atoms with E-state index in [-0.39, 0.29) is 24.4 Å². The number of carbonyl (C=O) groups excluding carboxylic acids is 3. The Kier molecular flexibility index (Phi) is 9.13. The van der Waals surface area contributed by atoms with Crippen molar-refractivity contribution in [2.75, 3.05) is 38.2 Å². The third-order valence-corrected chi connectivity index (χ3v) is 6.09. The van der Waals surface area contributed by atoms with Crippen LogP contribution in [0.4, 0.5) is 5.69 Å². The minimum Gasteiger partial charge on any atom is -0.466 e. The SMILES string of the molecule is CCOC(=O)C1CCN(C(=O)COC(=O)c2ccccc2NCCC2=CCCCC2)CC1. The van der Waals surface area contributed by atoms with Gasteiger partial charge in [-0.3, -0.25) is 9.59 Å². The van der Waals surface area contributed by atoms with Crippen LogP contribution in [0.3, 0.4) is 0 Å². The minimum absolute atomic E-state index is 0.163. The zero-order valence-electron chi connectivity index (χ0n) is 18.9. The van der Waals surface area contributed by atoms with Crippen molar-refractivity contribution in [1.29, 1.82) is 0 Å². The Bertz CT molecular complexity index is 827. The van der Waals surface area contributed by atoms with E-state index in [1.807, 2.05) is 12.1 Å². The molecule has 3 rings (SSSR count). The number of carbonyl (C=O) groups is 3. The van der Waals surface area contributed by atoms with E-state index < -0.39 is 5.97 Å².